The Morgan fingerprint density at radius 2 is 1.68 bits per heavy atom. The number of anilines is 3. The van der Waals surface area contributed by atoms with Crippen molar-refractivity contribution in [2.24, 2.45) is 11.7 Å². The maximum absolute atomic E-state index is 13.2. The molecule has 0 saturated carbocycles. The van der Waals surface area contributed by atoms with Gasteiger partial charge in [0, 0.05) is 17.9 Å². The first-order valence-corrected chi connectivity index (χ1v) is 13.8. The van der Waals surface area contributed by atoms with E-state index in [2.05, 4.69) is 25.9 Å². The zero-order valence-electron chi connectivity index (χ0n) is 21.8. The van der Waals surface area contributed by atoms with Crippen molar-refractivity contribution in [2.75, 3.05) is 16.9 Å². The van der Waals surface area contributed by atoms with Gasteiger partial charge in [0.2, 0.25) is 5.95 Å². The quantitative estimate of drug-likeness (QED) is 0.266. The van der Waals surface area contributed by atoms with E-state index >= 15 is 0 Å². The Labute approximate surface area is 222 Å². The topological polar surface area (TPSA) is 165 Å². The molecule has 3 rings (SSSR count). The van der Waals surface area contributed by atoms with Crippen molar-refractivity contribution in [3.8, 4) is 5.75 Å². The van der Waals surface area contributed by atoms with Gasteiger partial charge in [-0.2, -0.15) is 13.4 Å². The summed E-state index contributed by atoms with van der Waals surface area (Å²) in [6, 6.07) is 13.3. The van der Waals surface area contributed by atoms with E-state index in [1.165, 1.54) is 24.4 Å². The minimum Gasteiger partial charge on any atom is -0.382 e. The smallest absolute Gasteiger partial charge is 0.306 e. The van der Waals surface area contributed by atoms with Gasteiger partial charge < -0.3 is 25.9 Å². The van der Waals surface area contributed by atoms with Gasteiger partial charge in [-0.15, -0.1) is 0 Å². The lowest BCUT2D eigenvalue weighted by atomic mass is 10.1. The number of nitrogens with zero attached hydrogens (tertiary/aromatic N) is 2. The van der Waals surface area contributed by atoms with Crippen LogP contribution in [0.1, 0.15) is 60.0 Å². The van der Waals surface area contributed by atoms with E-state index in [1.54, 1.807) is 0 Å². The van der Waals surface area contributed by atoms with Crippen molar-refractivity contribution in [2.45, 2.75) is 39.8 Å². The van der Waals surface area contributed by atoms with Crippen molar-refractivity contribution >= 4 is 39.4 Å². The van der Waals surface area contributed by atoms with Crippen LogP contribution in [-0.2, 0) is 10.1 Å². The maximum Gasteiger partial charge on any atom is 0.306 e. The van der Waals surface area contributed by atoms with Crippen LogP contribution in [0.3, 0.4) is 0 Å². The van der Waals surface area contributed by atoms with Gasteiger partial charge in [-0.05, 0) is 43.5 Å². The summed E-state index contributed by atoms with van der Waals surface area (Å²) >= 11 is 0. The highest BCUT2D eigenvalue weighted by Crippen LogP contribution is 2.27. The van der Waals surface area contributed by atoms with Gasteiger partial charge in [-0.3, -0.25) is 9.59 Å². The monoisotopic (exact) mass is 540 g/mol. The first kappa shape index (κ1) is 28.4. The Morgan fingerprint density at radius 1 is 1.00 bits per heavy atom. The predicted octanol–water partition coefficient (Wildman–Crippen LogP) is 3.60. The summed E-state index contributed by atoms with van der Waals surface area (Å²) in [5, 5.41) is 9.02. The minimum atomic E-state index is -3.90. The maximum atomic E-state index is 13.2. The fraction of sp³-hybridized carbons (Fsp3) is 0.308. The molecule has 0 spiro atoms. The lowest BCUT2D eigenvalue weighted by Crippen LogP contribution is -2.27. The van der Waals surface area contributed by atoms with E-state index in [1.807, 2.05) is 58.0 Å². The number of hydrogen-bond acceptors (Lipinski definition) is 9. The van der Waals surface area contributed by atoms with Crippen LogP contribution in [-0.4, -0.2) is 42.5 Å². The van der Waals surface area contributed by atoms with E-state index < -0.39 is 21.9 Å². The third kappa shape index (κ3) is 7.65. The molecule has 0 aliphatic carbocycles. The number of amides is 2. The third-order valence-electron chi connectivity index (χ3n) is 5.79. The van der Waals surface area contributed by atoms with Crippen LogP contribution in [0.25, 0.3) is 0 Å². The second-order valence-corrected chi connectivity index (χ2v) is 10.8. The van der Waals surface area contributed by atoms with Gasteiger partial charge >= 0.3 is 10.1 Å². The fourth-order valence-electron chi connectivity index (χ4n) is 3.36. The second-order valence-electron chi connectivity index (χ2n) is 9.23. The van der Waals surface area contributed by atoms with Crippen LogP contribution in [0.4, 0.5) is 17.5 Å². The number of nitrogens with one attached hydrogen (secondary N) is 3. The van der Waals surface area contributed by atoms with Crippen LogP contribution in [0, 0.1) is 5.92 Å². The molecule has 0 aliphatic rings. The highest BCUT2D eigenvalue weighted by molar-refractivity contribution is 7.86. The molecule has 38 heavy (non-hydrogen) atoms. The van der Waals surface area contributed by atoms with Crippen LogP contribution in [0.2, 0.25) is 0 Å². The fourth-order valence-corrected chi connectivity index (χ4v) is 3.84. The number of benzene rings is 2. The molecule has 2 atom stereocenters. The number of nitrogens with two attached hydrogens (primary N) is 1. The lowest BCUT2D eigenvalue weighted by Gasteiger charge is -2.20. The second kappa shape index (κ2) is 11.9. The van der Waals surface area contributed by atoms with Crippen molar-refractivity contribution in [1.82, 2.24) is 15.3 Å². The van der Waals surface area contributed by atoms with Gasteiger partial charge in [-0.1, -0.05) is 44.2 Å². The summed E-state index contributed by atoms with van der Waals surface area (Å²) in [6.45, 7) is 7.81. The molecule has 0 radical (unpaired) electrons. The molecule has 1 heterocycles. The molecule has 3 aromatic rings. The van der Waals surface area contributed by atoms with E-state index in [9.17, 15) is 18.0 Å². The normalized spacial score (nSPS) is 12.9. The van der Waals surface area contributed by atoms with E-state index in [0.717, 1.165) is 11.8 Å². The molecule has 2 aromatic carbocycles. The molecular weight excluding hydrogens is 508 g/mol. The largest absolute Gasteiger partial charge is 0.382 e. The molecule has 1 unspecified atom stereocenters. The molecule has 0 bridgehead atoms. The average molecular weight is 541 g/mol. The first-order chi connectivity index (χ1) is 17.8. The molecule has 2 amide bonds. The summed E-state index contributed by atoms with van der Waals surface area (Å²) in [4.78, 5) is 33.6. The number of aromatic nitrogens is 2. The summed E-state index contributed by atoms with van der Waals surface area (Å²) < 4.78 is 28.7. The minimum absolute atomic E-state index is 0.00909. The number of carbonyl (C=O) groups excluding carboxylic acids is 2. The van der Waals surface area contributed by atoms with E-state index in [-0.39, 0.29) is 46.6 Å². The first-order valence-electron chi connectivity index (χ1n) is 11.9. The Morgan fingerprint density at radius 3 is 2.29 bits per heavy atom. The van der Waals surface area contributed by atoms with Crippen LogP contribution >= 0.6 is 0 Å². The molecule has 0 aliphatic heterocycles. The van der Waals surface area contributed by atoms with Crippen molar-refractivity contribution in [3.05, 3.63) is 71.4 Å². The van der Waals surface area contributed by atoms with Crippen molar-refractivity contribution in [1.29, 1.82) is 0 Å². The summed E-state index contributed by atoms with van der Waals surface area (Å²) in [6.07, 6.45) is 2.21. The average Bonchev–Trinajstić information content (AvgIpc) is 2.84. The Hall–Kier alpha value is -4.19. The van der Waals surface area contributed by atoms with Gasteiger partial charge in [0.15, 0.2) is 5.75 Å². The zero-order chi connectivity index (χ0) is 28.0. The lowest BCUT2D eigenvalue weighted by molar-refractivity contribution is 0.0937. The molecule has 11 nitrogen and oxygen atoms in total. The summed E-state index contributed by atoms with van der Waals surface area (Å²) in [5.41, 5.74) is 6.87. The summed E-state index contributed by atoms with van der Waals surface area (Å²) in [5.74, 6) is -0.694. The Kier molecular flexibility index (Phi) is 8.89. The van der Waals surface area contributed by atoms with Gasteiger partial charge in [0.1, 0.15) is 5.82 Å². The van der Waals surface area contributed by atoms with Gasteiger partial charge in [0.05, 0.1) is 23.4 Å². The van der Waals surface area contributed by atoms with Crippen LogP contribution in [0.5, 0.6) is 5.75 Å². The molecule has 5 N–H and O–H groups in total. The van der Waals surface area contributed by atoms with E-state index in [4.69, 9.17) is 9.92 Å². The zero-order valence-corrected chi connectivity index (χ0v) is 22.7. The van der Waals surface area contributed by atoms with Crippen LogP contribution in [0.15, 0.2) is 54.7 Å². The number of hydrogen-bond donors (Lipinski definition) is 4. The SMILES string of the molecule is CC(C)C(C)Nc1nc(Nc2ccc(OS(C)(=O)=O)c(C(=O)N[C@H](C)c3ccccc3)c2)ncc1C(N)=O. The number of primary amides is 1. The van der Waals surface area contributed by atoms with E-state index in [0.29, 0.717) is 5.69 Å². The number of carbonyl (C=O) groups is 2. The molecular formula is C26H32N6O5S. The molecule has 12 heteroatoms. The third-order valence-corrected chi connectivity index (χ3v) is 6.27. The van der Waals surface area contributed by atoms with Crippen molar-refractivity contribution in [3.63, 3.8) is 0 Å². The standard InChI is InChI=1S/C26H32N6O5S/c1-15(2)16(3)29-24-21(23(27)33)14-28-26(32-24)31-19-11-12-22(37-38(5,35)36)20(13-19)25(34)30-17(4)18-9-7-6-8-10-18/h6-17H,1-5H3,(H2,27,33)(H,30,34)(H2,28,29,31,32)/t16?,17-/m1/s1. The predicted molar refractivity (Wildman–Crippen MR) is 146 cm³/mol. The molecule has 1 aromatic heterocycles. The summed E-state index contributed by atoms with van der Waals surface area (Å²) in [7, 11) is -3.90. The van der Waals surface area contributed by atoms with Gasteiger partial charge in [0.25, 0.3) is 11.8 Å². The van der Waals surface area contributed by atoms with Gasteiger partial charge in [-0.25, -0.2) is 4.98 Å². The van der Waals surface area contributed by atoms with Crippen molar-refractivity contribution < 1.29 is 22.2 Å². The number of rotatable bonds is 11. The Balaban J connectivity index is 1.93. The van der Waals surface area contributed by atoms with Crippen LogP contribution < -0.4 is 25.9 Å². The highest BCUT2D eigenvalue weighted by Gasteiger charge is 2.20. The molecule has 0 saturated heterocycles. The Bertz CT molecular complexity index is 1410. The molecule has 202 valence electrons. The highest BCUT2D eigenvalue weighted by atomic mass is 32.2. The molecule has 0 fully saturated rings.